The number of rotatable bonds is 1. The van der Waals surface area contributed by atoms with E-state index in [9.17, 15) is 10.3 Å². The monoisotopic (exact) mass is 282 g/mol. The third-order valence-corrected chi connectivity index (χ3v) is 5.41. The van der Waals surface area contributed by atoms with E-state index in [4.69, 9.17) is 5.21 Å². The van der Waals surface area contributed by atoms with Gasteiger partial charge >= 0.3 is 0 Å². The highest BCUT2D eigenvalue weighted by molar-refractivity contribution is 6.15. The summed E-state index contributed by atoms with van der Waals surface area (Å²) < 4.78 is 1.04. The van der Waals surface area contributed by atoms with Gasteiger partial charge in [-0.1, -0.05) is 5.16 Å². The van der Waals surface area contributed by atoms with Crippen molar-refractivity contribution in [3.8, 4) is 0 Å². The van der Waals surface area contributed by atoms with Crippen molar-refractivity contribution < 1.29 is 20.0 Å². The molecule has 0 amide bonds. The van der Waals surface area contributed by atoms with Crippen molar-refractivity contribution in [2.24, 2.45) is 5.16 Å². The van der Waals surface area contributed by atoms with Gasteiger partial charge in [0, 0.05) is 6.42 Å². The van der Waals surface area contributed by atoms with Crippen molar-refractivity contribution in [3.63, 3.8) is 0 Å². The summed E-state index contributed by atoms with van der Waals surface area (Å²) in [5, 5.41) is 36.1. The summed E-state index contributed by atoms with van der Waals surface area (Å²) in [7, 11) is 0. The summed E-state index contributed by atoms with van der Waals surface area (Å²) in [6, 6.07) is 0. The first-order valence-corrected chi connectivity index (χ1v) is 7.65. The number of aliphatic hydroxyl groups is 1. The van der Waals surface area contributed by atoms with Crippen molar-refractivity contribution in [2.45, 2.75) is 63.1 Å². The van der Waals surface area contributed by atoms with E-state index >= 15 is 0 Å². The molecule has 0 aromatic carbocycles. The number of oxime groups is 1. The summed E-state index contributed by atoms with van der Waals surface area (Å²) in [5.74, 6) is 0. The molecule has 20 heavy (non-hydrogen) atoms. The fourth-order valence-corrected chi connectivity index (χ4v) is 4.26. The maximum atomic E-state index is 12.8. The van der Waals surface area contributed by atoms with Gasteiger partial charge in [0.2, 0.25) is 5.71 Å². The summed E-state index contributed by atoms with van der Waals surface area (Å²) in [6.45, 7) is 3.90. The molecule has 2 fully saturated rings. The second kappa shape index (κ2) is 4.70. The zero-order valence-corrected chi connectivity index (χ0v) is 12.1. The zero-order valence-electron chi connectivity index (χ0n) is 12.1. The van der Waals surface area contributed by atoms with Gasteiger partial charge in [-0.3, -0.25) is 4.90 Å². The van der Waals surface area contributed by atoms with Crippen LogP contribution in [-0.4, -0.2) is 50.8 Å². The molecule has 0 bridgehead atoms. The van der Waals surface area contributed by atoms with Crippen LogP contribution in [0.4, 0.5) is 0 Å². The van der Waals surface area contributed by atoms with Crippen LogP contribution in [0.5, 0.6) is 0 Å². The fourth-order valence-electron chi connectivity index (χ4n) is 4.26. The second-order valence-corrected chi connectivity index (χ2v) is 6.62. The highest BCUT2D eigenvalue weighted by atomic mass is 16.5. The van der Waals surface area contributed by atoms with Gasteiger partial charge in [-0.05, 0) is 32.1 Å². The van der Waals surface area contributed by atoms with Crippen LogP contribution in [0.25, 0.3) is 0 Å². The number of nitrogens with zero attached hydrogens (tertiary/aromatic N) is 2. The van der Waals surface area contributed by atoms with Crippen LogP contribution < -0.4 is 4.90 Å². The molecule has 3 aliphatic rings. The van der Waals surface area contributed by atoms with E-state index in [0.29, 0.717) is 30.7 Å². The van der Waals surface area contributed by atoms with E-state index in [0.717, 1.165) is 37.1 Å². The highest BCUT2D eigenvalue weighted by Gasteiger charge is 2.64. The molecule has 6 nitrogen and oxygen atoms in total. The van der Waals surface area contributed by atoms with Crippen LogP contribution in [0.3, 0.4) is 0 Å². The van der Waals surface area contributed by atoms with Gasteiger partial charge in [0.05, 0.1) is 25.7 Å². The predicted octanol–water partition coefficient (Wildman–Crippen LogP) is -0.128. The lowest BCUT2D eigenvalue weighted by atomic mass is 9.78. The second-order valence-electron chi connectivity index (χ2n) is 6.62. The van der Waals surface area contributed by atoms with Crippen molar-refractivity contribution in [1.82, 2.24) is 0 Å². The number of hydrogen-bond acceptors (Lipinski definition) is 4. The first-order valence-electron chi connectivity index (χ1n) is 7.65. The molecular weight excluding hydrogens is 258 g/mol. The minimum Gasteiger partial charge on any atom is -0.619 e. The van der Waals surface area contributed by atoms with Crippen LogP contribution >= 0.6 is 0 Å². The van der Waals surface area contributed by atoms with Gasteiger partial charge in [0.15, 0.2) is 5.60 Å². The lowest BCUT2D eigenvalue weighted by Crippen LogP contribution is -3.21. The van der Waals surface area contributed by atoms with Crippen molar-refractivity contribution in [1.29, 1.82) is 0 Å². The van der Waals surface area contributed by atoms with Gasteiger partial charge in [-0.25, -0.2) is 0 Å². The Bertz CT molecular complexity index is 470. The molecule has 3 N–H and O–H groups in total. The molecule has 0 unspecified atom stereocenters. The predicted molar refractivity (Wildman–Crippen MR) is 74.2 cm³/mol. The molecule has 1 saturated carbocycles. The largest absolute Gasteiger partial charge is 0.619 e. The molecule has 0 aromatic heterocycles. The topological polar surface area (TPSA) is 83.3 Å². The minimum atomic E-state index is -1.33. The Morgan fingerprint density at radius 2 is 1.90 bits per heavy atom. The van der Waals surface area contributed by atoms with E-state index in [1.54, 1.807) is 0 Å². The van der Waals surface area contributed by atoms with Gasteiger partial charge in [0.25, 0.3) is 5.66 Å². The minimum absolute atomic E-state index is 0.341. The molecule has 2 heterocycles. The third-order valence-electron chi connectivity index (χ3n) is 5.41. The maximum absolute atomic E-state index is 12.8. The molecule has 1 saturated heterocycles. The molecule has 2 atom stereocenters. The Balaban J connectivity index is 1.98. The SMILES string of the molecule is C[C@]1([NH+]2CCCCC2)C[C@@]2(O)C(=[N+]1[O-])CCC/C2=N/O. The van der Waals surface area contributed by atoms with Crippen LogP contribution in [-0.2, 0) is 0 Å². The van der Waals surface area contributed by atoms with Crippen molar-refractivity contribution in [2.75, 3.05) is 13.1 Å². The van der Waals surface area contributed by atoms with Crippen LogP contribution in [0.2, 0.25) is 0 Å². The standard InChI is InChI=1S/C14H23N3O3/c1-13(16-8-3-2-4-9-16)10-14(18)11(15-19)6-5-7-12(14)17(13)20/h18-19H,2-10H2,1H3/p+1/b15-11-/t13-,14+/m1/s1. The average Bonchev–Trinajstić information content (AvgIpc) is 2.68. The van der Waals surface area contributed by atoms with Crippen LogP contribution in [0.1, 0.15) is 51.9 Å². The summed E-state index contributed by atoms with van der Waals surface area (Å²) >= 11 is 0. The molecule has 3 rings (SSSR count). The molecular formula is C14H24N3O3+. The van der Waals surface area contributed by atoms with Gasteiger partial charge in [-0.2, -0.15) is 4.74 Å². The Morgan fingerprint density at radius 1 is 1.20 bits per heavy atom. The Hall–Kier alpha value is -1.14. The van der Waals surface area contributed by atoms with Gasteiger partial charge in [0.1, 0.15) is 6.42 Å². The number of nitrogens with one attached hydrogen (secondary N) is 1. The summed E-state index contributed by atoms with van der Waals surface area (Å²) in [4.78, 5) is 1.26. The number of hydroxylamine groups is 1. The molecule has 0 spiro atoms. The third kappa shape index (κ3) is 1.78. The Kier molecular flexibility index (Phi) is 3.25. The highest BCUT2D eigenvalue weighted by Crippen LogP contribution is 2.36. The van der Waals surface area contributed by atoms with Gasteiger partial charge in [-0.15, -0.1) is 0 Å². The molecule has 0 aromatic rings. The summed E-state index contributed by atoms with van der Waals surface area (Å²) in [5.41, 5.74) is -1.10. The van der Waals surface area contributed by atoms with Crippen LogP contribution in [0, 0.1) is 5.21 Å². The number of hydrogen-bond donors (Lipinski definition) is 3. The number of quaternary nitrogens is 1. The first-order chi connectivity index (χ1) is 9.52. The Morgan fingerprint density at radius 3 is 2.55 bits per heavy atom. The van der Waals surface area contributed by atoms with E-state index in [1.165, 1.54) is 11.3 Å². The lowest BCUT2D eigenvalue weighted by molar-refractivity contribution is -1.04. The Labute approximate surface area is 119 Å². The van der Waals surface area contributed by atoms with E-state index in [2.05, 4.69) is 5.16 Å². The number of piperidine rings is 1. The fraction of sp³-hybridized carbons (Fsp3) is 0.857. The molecule has 0 radical (unpaired) electrons. The zero-order chi connectivity index (χ0) is 14.4. The number of likely N-dealkylation sites (tertiary alicyclic amines) is 1. The molecule has 2 aliphatic heterocycles. The molecule has 6 heteroatoms. The number of fused-ring (bicyclic) bond motifs is 1. The maximum Gasteiger partial charge on any atom is 0.297 e. The average molecular weight is 282 g/mol. The van der Waals surface area contributed by atoms with Crippen LogP contribution in [0.15, 0.2) is 5.16 Å². The summed E-state index contributed by atoms with van der Waals surface area (Å²) in [6.07, 6.45) is 5.76. The van der Waals surface area contributed by atoms with Crippen molar-refractivity contribution >= 4 is 11.4 Å². The quantitative estimate of drug-likeness (QED) is 0.271. The smallest absolute Gasteiger partial charge is 0.297 e. The van der Waals surface area contributed by atoms with Gasteiger partial charge < -0.3 is 15.5 Å². The first kappa shape index (κ1) is 13.8. The van der Waals surface area contributed by atoms with E-state index in [1.807, 2.05) is 6.92 Å². The van der Waals surface area contributed by atoms with Crippen molar-refractivity contribution in [3.05, 3.63) is 5.21 Å². The molecule has 1 aliphatic carbocycles. The normalized spacial score (nSPS) is 41.2. The lowest BCUT2D eigenvalue weighted by Gasteiger charge is -2.35. The van der Waals surface area contributed by atoms with E-state index < -0.39 is 11.3 Å². The molecule has 112 valence electrons. The van der Waals surface area contributed by atoms with E-state index in [-0.39, 0.29) is 0 Å².